The predicted octanol–water partition coefficient (Wildman–Crippen LogP) is 7.96. The molecule has 0 aliphatic carbocycles. The molecule has 0 bridgehead atoms. The summed E-state index contributed by atoms with van der Waals surface area (Å²) in [6, 6.07) is 13.9. The quantitative estimate of drug-likeness (QED) is 0.319. The molecule has 0 amide bonds. The Kier molecular flexibility index (Phi) is 9.06. The summed E-state index contributed by atoms with van der Waals surface area (Å²) in [7, 11) is 0. The fourth-order valence-corrected chi connectivity index (χ4v) is 5.32. The van der Waals surface area contributed by atoms with Crippen LogP contribution in [0.3, 0.4) is 0 Å². The van der Waals surface area contributed by atoms with E-state index >= 15 is 0 Å². The van der Waals surface area contributed by atoms with Gasteiger partial charge in [0.05, 0.1) is 11.5 Å². The van der Waals surface area contributed by atoms with Gasteiger partial charge in [0.15, 0.2) is 0 Å². The highest BCUT2D eigenvalue weighted by molar-refractivity contribution is 14.1. The number of piperidine rings is 1. The van der Waals surface area contributed by atoms with Gasteiger partial charge in [-0.2, -0.15) is 13.2 Å². The van der Waals surface area contributed by atoms with E-state index in [-0.39, 0.29) is 18.0 Å². The summed E-state index contributed by atoms with van der Waals surface area (Å²) < 4.78 is 40.6. The van der Waals surface area contributed by atoms with E-state index < -0.39 is 23.6 Å². The molecule has 1 N–H and O–H groups in total. The Morgan fingerprint density at radius 3 is 2.21 bits per heavy atom. The number of carboxylic acids is 1. The van der Waals surface area contributed by atoms with Gasteiger partial charge >= 0.3 is 12.1 Å². The largest absolute Gasteiger partial charge is 0.481 e. The third kappa shape index (κ3) is 6.74. The van der Waals surface area contributed by atoms with E-state index in [9.17, 15) is 23.1 Å². The molecule has 7 heteroatoms. The van der Waals surface area contributed by atoms with E-state index in [0.29, 0.717) is 18.9 Å². The standard InChI is InChI=1S/C27H33F3INO2/c1-17(2)4-13-24(19-5-9-22(10-6-19)27(28,29)30)32-15-14-21(18(3)26(33)34)16-25(32)20-7-11-23(31)12-8-20/h5-12,17-18,21,24-25H,4,13-16H2,1-3H3,(H,33,34). The minimum absolute atomic E-state index is 0.0111. The number of carbonyl (C=O) groups is 1. The summed E-state index contributed by atoms with van der Waals surface area (Å²) >= 11 is 2.27. The fourth-order valence-electron chi connectivity index (χ4n) is 4.96. The summed E-state index contributed by atoms with van der Waals surface area (Å²) in [4.78, 5) is 14.1. The molecule has 1 heterocycles. The average Bonchev–Trinajstić information content (AvgIpc) is 2.79. The van der Waals surface area contributed by atoms with Crippen molar-refractivity contribution in [2.24, 2.45) is 17.8 Å². The lowest BCUT2D eigenvalue weighted by molar-refractivity contribution is -0.144. The van der Waals surface area contributed by atoms with Gasteiger partial charge in [0.25, 0.3) is 0 Å². The number of carboxylic acid groups (broad SMARTS) is 1. The number of hydrogen-bond donors (Lipinski definition) is 1. The van der Waals surface area contributed by atoms with Gasteiger partial charge in [-0.15, -0.1) is 0 Å². The molecule has 1 aliphatic heterocycles. The molecular weight excluding hydrogens is 554 g/mol. The molecule has 0 saturated carbocycles. The van der Waals surface area contributed by atoms with Crippen LogP contribution in [-0.2, 0) is 11.0 Å². The lowest BCUT2D eigenvalue weighted by Crippen LogP contribution is -2.42. The molecule has 4 unspecified atom stereocenters. The number of benzene rings is 2. The van der Waals surface area contributed by atoms with Crippen LogP contribution in [0.1, 0.15) is 75.2 Å². The van der Waals surface area contributed by atoms with Gasteiger partial charge in [0.1, 0.15) is 0 Å². The topological polar surface area (TPSA) is 40.5 Å². The van der Waals surface area contributed by atoms with Crippen LogP contribution in [0, 0.1) is 21.3 Å². The molecule has 1 saturated heterocycles. The lowest BCUT2D eigenvalue weighted by atomic mass is 9.78. The van der Waals surface area contributed by atoms with Crippen molar-refractivity contribution >= 4 is 28.6 Å². The van der Waals surface area contributed by atoms with Gasteiger partial charge in [0.2, 0.25) is 0 Å². The Bertz CT molecular complexity index is 944. The summed E-state index contributed by atoms with van der Waals surface area (Å²) in [6.45, 7) is 6.80. The van der Waals surface area contributed by atoms with Crippen molar-refractivity contribution in [3.8, 4) is 0 Å². The second-order valence-corrected chi connectivity index (χ2v) is 11.1. The van der Waals surface area contributed by atoms with Gasteiger partial charge in [-0.3, -0.25) is 9.69 Å². The van der Waals surface area contributed by atoms with E-state index in [0.717, 1.165) is 34.0 Å². The van der Waals surface area contributed by atoms with Crippen molar-refractivity contribution < 1.29 is 23.1 Å². The minimum atomic E-state index is -4.36. The monoisotopic (exact) mass is 587 g/mol. The fraction of sp³-hybridized carbons (Fsp3) is 0.519. The van der Waals surface area contributed by atoms with E-state index in [1.165, 1.54) is 12.1 Å². The second kappa shape index (κ2) is 11.4. The van der Waals surface area contributed by atoms with Gasteiger partial charge in [0, 0.05) is 15.7 Å². The van der Waals surface area contributed by atoms with Crippen LogP contribution in [-0.4, -0.2) is 22.5 Å². The molecule has 186 valence electrons. The Morgan fingerprint density at radius 2 is 1.68 bits per heavy atom. The van der Waals surface area contributed by atoms with Crippen LogP contribution in [0.4, 0.5) is 13.2 Å². The molecule has 1 aliphatic rings. The molecule has 3 rings (SSSR count). The third-order valence-electron chi connectivity index (χ3n) is 7.08. The molecule has 0 spiro atoms. The highest BCUT2D eigenvalue weighted by atomic mass is 127. The molecule has 4 atom stereocenters. The first-order valence-corrected chi connectivity index (χ1v) is 13.0. The zero-order valence-corrected chi connectivity index (χ0v) is 22.0. The first-order valence-electron chi connectivity index (χ1n) is 11.9. The van der Waals surface area contributed by atoms with Crippen LogP contribution < -0.4 is 0 Å². The number of halogens is 4. The molecular formula is C27H33F3INO2. The van der Waals surface area contributed by atoms with E-state index in [2.05, 4.69) is 65.6 Å². The number of aliphatic carboxylic acids is 1. The molecule has 0 radical (unpaired) electrons. The smallest absolute Gasteiger partial charge is 0.416 e. The molecule has 1 fully saturated rings. The maximum Gasteiger partial charge on any atom is 0.416 e. The average molecular weight is 587 g/mol. The molecule has 0 aromatic heterocycles. The van der Waals surface area contributed by atoms with Crippen LogP contribution in [0.5, 0.6) is 0 Å². The summed E-state index contributed by atoms with van der Waals surface area (Å²) in [6.07, 6.45) is -1.10. The highest BCUT2D eigenvalue weighted by Crippen LogP contribution is 2.44. The van der Waals surface area contributed by atoms with Crippen molar-refractivity contribution in [1.29, 1.82) is 0 Å². The first kappa shape index (κ1) is 27.0. The van der Waals surface area contributed by atoms with Crippen LogP contribution in [0.15, 0.2) is 48.5 Å². The number of nitrogens with zero attached hydrogens (tertiary/aromatic N) is 1. The van der Waals surface area contributed by atoms with Gasteiger partial charge < -0.3 is 5.11 Å². The zero-order valence-electron chi connectivity index (χ0n) is 19.9. The van der Waals surface area contributed by atoms with Gasteiger partial charge in [-0.05, 0) is 102 Å². The first-order chi connectivity index (χ1) is 16.0. The maximum absolute atomic E-state index is 13.2. The van der Waals surface area contributed by atoms with Crippen molar-refractivity contribution in [3.05, 3.63) is 68.8 Å². The van der Waals surface area contributed by atoms with Crippen molar-refractivity contribution in [2.45, 2.75) is 64.7 Å². The van der Waals surface area contributed by atoms with Crippen LogP contribution in [0.25, 0.3) is 0 Å². The normalized spacial score (nSPS) is 21.4. The summed E-state index contributed by atoms with van der Waals surface area (Å²) in [5, 5.41) is 9.61. The summed E-state index contributed by atoms with van der Waals surface area (Å²) in [5.74, 6) is -0.692. The number of alkyl halides is 3. The number of hydrogen-bond acceptors (Lipinski definition) is 2. The summed E-state index contributed by atoms with van der Waals surface area (Å²) in [5.41, 5.74) is 1.38. The van der Waals surface area contributed by atoms with Crippen molar-refractivity contribution in [1.82, 2.24) is 4.90 Å². The minimum Gasteiger partial charge on any atom is -0.481 e. The van der Waals surface area contributed by atoms with E-state index in [1.54, 1.807) is 19.1 Å². The van der Waals surface area contributed by atoms with Crippen molar-refractivity contribution in [3.63, 3.8) is 0 Å². The second-order valence-electron chi connectivity index (χ2n) is 9.82. The molecule has 2 aromatic rings. The van der Waals surface area contributed by atoms with Crippen molar-refractivity contribution in [2.75, 3.05) is 6.54 Å². The number of rotatable bonds is 8. The van der Waals surface area contributed by atoms with Crippen LogP contribution in [0.2, 0.25) is 0 Å². The molecule has 3 nitrogen and oxygen atoms in total. The third-order valence-corrected chi connectivity index (χ3v) is 7.80. The number of likely N-dealkylation sites (tertiary alicyclic amines) is 1. The Labute approximate surface area is 213 Å². The highest BCUT2D eigenvalue weighted by Gasteiger charge is 2.38. The molecule has 2 aromatic carbocycles. The van der Waals surface area contributed by atoms with Crippen LogP contribution >= 0.6 is 22.6 Å². The Morgan fingerprint density at radius 1 is 1.06 bits per heavy atom. The molecule has 34 heavy (non-hydrogen) atoms. The van der Waals surface area contributed by atoms with E-state index in [4.69, 9.17) is 0 Å². The van der Waals surface area contributed by atoms with Gasteiger partial charge in [-0.25, -0.2) is 0 Å². The zero-order chi connectivity index (χ0) is 25.0. The maximum atomic E-state index is 13.2. The SMILES string of the molecule is CC(C)CCC(c1ccc(C(F)(F)F)cc1)N1CCC(C(C)C(=O)O)CC1c1ccc(I)cc1. The Balaban J connectivity index is 1.98. The predicted molar refractivity (Wildman–Crippen MR) is 136 cm³/mol. The van der Waals surface area contributed by atoms with Gasteiger partial charge in [-0.1, -0.05) is 45.0 Å². The Hall–Kier alpha value is -1.61. The van der Waals surface area contributed by atoms with E-state index in [1.807, 2.05) is 0 Å². The lowest BCUT2D eigenvalue weighted by Gasteiger charge is -2.45.